The molecule has 0 spiro atoms. The van der Waals surface area contributed by atoms with Crippen LogP contribution in [0.25, 0.3) is 0 Å². The normalized spacial score (nSPS) is 11.7. The number of likely N-dealkylation sites (N-methyl/N-ethyl adjacent to an activating group) is 1. The van der Waals surface area contributed by atoms with Crippen LogP contribution in [0.3, 0.4) is 0 Å². The Balaban J connectivity index is 2.04. The van der Waals surface area contributed by atoms with E-state index in [9.17, 15) is 18.0 Å². The van der Waals surface area contributed by atoms with Crippen LogP contribution in [-0.4, -0.2) is 38.2 Å². The van der Waals surface area contributed by atoms with Crippen LogP contribution >= 0.6 is 0 Å². The Hall–Kier alpha value is -3.65. The number of anilines is 1. The van der Waals surface area contributed by atoms with Gasteiger partial charge in [0.05, 0.1) is 16.1 Å². The van der Waals surface area contributed by atoms with Crippen LogP contribution in [0.15, 0.2) is 83.8 Å². The molecule has 0 saturated heterocycles. The lowest BCUT2D eigenvalue weighted by molar-refractivity contribution is -0.129. The Kier molecular flexibility index (Phi) is 8.20. The monoisotopic (exact) mass is 507 g/mol. The van der Waals surface area contributed by atoms with Crippen molar-refractivity contribution in [1.82, 2.24) is 4.90 Å². The molecular weight excluding hydrogens is 474 g/mol. The molecule has 190 valence electrons. The van der Waals surface area contributed by atoms with E-state index in [0.717, 1.165) is 15.4 Å². The fourth-order valence-electron chi connectivity index (χ4n) is 3.86. The minimum Gasteiger partial charge on any atom is -0.366 e. The van der Waals surface area contributed by atoms with Crippen molar-refractivity contribution in [2.45, 2.75) is 44.6 Å². The topological polar surface area (TPSA) is 101 Å². The van der Waals surface area contributed by atoms with E-state index in [-0.39, 0.29) is 21.6 Å². The van der Waals surface area contributed by atoms with Gasteiger partial charge in [-0.25, -0.2) is 8.42 Å². The van der Waals surface area contributed by atoms with E-state index in [0.29, 0.717) is 13.1 Å². The lowest BCUT2D eigenvalue weighted by Gasteiger charge is -2.29. The molecule has 0 fully saturated rings. The number of sulfonamides is 1. The molecule has 0 atom stereocenters. The summed E-state index contributed by atoms with van der Waals surface area (Å²) in [6.45, 7) is 8.20. The molecule has 36 heavy (non-hydrogen) atoms. The summed E-state index contributed by atoms with van der Waals surface area (Å²) in [6, 6.07) is 22.2. The van der Waals surface area contributed by atoms with E-state index < -0.39 is 28.4 Å². The van der Waals surface area contributed by atoms with Crippen molar-refractivity contribution >= 4 is 27.5 Å². The van der Waals surface area contributed by atoms with Gasteiger partial charge >= 0.3 is 0 Å². The van der Waals surface area contributed by atoms with Crippen molar-refractivity contribution in [3.8, 4) is 0 Å². The van der Waals surface area contributed by atoms with Gasteiger partial charge in [0.2, 0.25) is 5.91 Å². The van der Waals surface area contributed by atoms with Gasteiger partial charge in [-0.1, -0.05) is 75.4 Å². The molecule has 0 unspecified atom stereocenters. The first-order valence-corrected chi connectivity index (χ1v) is 13.2. The molecule has 0 aliphatic heterocycles. The number of nitrogens with two attached hydrogens (primary N) is 1. The number of amides is 2. The number of hydrogen-bond acceptors (Lipinski definition) is 4. The van der Waals surface area contributed by atoms with Gasteiger partial charge in [-0.3, -0.25) is 13.9 Å². The molecule has 8 heteroatoms. The minimum absolute atomic E-state index is 0.0197. The number of hydrogen-bond donors (Lipinski definition) is 1. The minimum atomic E-state index is -4.20. The second-order valence-electron chi connectivity index (χ2n) is 9.56. The van der Waals surface area contributed by atoms with Crippen molar-refractivity contribution in [2.24, 2.45) is 5.73 Å². The molecule has 3 aromatic rings. The number of benzene rings is 3. The molecule has 0 radical (unpaired) electrons. The van der Waals surface area contributed by atoms with E-state index in [1.165, 1.54) is 24.3 Å². The Morgan fingerprint density at radius 1 is 0.861 bits per heavy atom. The van der Waals surface area contributed by atoms with E-state index >= 15 is 0 Å². The average molecular weight is 508 g/mol. The summed E-state index contributed by atoms with van der Waals surface area (Å²) in [5.41, 5.74) is 7.39. The lowest BCUT2D eigenvalue weighted by Crippen LogP contribution is -2.43. The van der Waals surface area contributed by atoms with Crippen LogP contribution in [0.5, 0.6) is 0 Å². The Morgan fingerprint density at radius 3 is 2.00 bits per heavy atom. The van der Waals surface area contributed by atoms with E-state index in [1.54, 1.807) is 29.2 Å². The number of primary amides is 1. The molecular formula is C28H33N3O4S. The summed E-state index contributed by atoms with van der Waals surface area (Å²) in [6.07, 6.45) is 0. The summed E-state index contributed by atoms with van der Waals surface area (Å²) in [5, 5.41) is 0. The maximum absolute atomic E-state index is 13.9. The van der Waals surface area contributed by atoms with Crippen LogP contribution < -0.4 is 10.0 Å². The first-order chi connectivity index (χ1) is 16.9. The van der Waals surface area contributed by atoms with Gasteiger partial charge in [0.1, 0.15) is 6.54 Å². The molecule has 3 aromatic carbocycles. The predicted molar refractivity (Wildman–Crippen MR) is 142 cm³/mol. The van der Waals surface area contributed by atoms with E-state index in [2.05, 4.69) is 0 Å². The Morgan fingerprint density at radius 2 is 1.44 bits per heavy atom. The molecule has 0 aromatic heterocycles. The zero-order valence-corrected chi connectivity index (χ0v) is 22.0. The van der Waals surface area contributed by atoms with Crippen LogP contribution in [0.2, 0.25) is 0 Å². The maximum atomic E-state index is 13.9. The van der Waals surface area contributed by atoms with Crippen molar-refractivity contribution in [1.29, 1.82) is 0 Å². The second kappa shape index (κ2) is 11.0. The molecule has 0 heterocycles. The largest absolute Gasteiger partial charge is 0.366 e. The van der Waals surface area contributed by atoms with Crippen molar-refractivity contribution in [3.63, 3.8) is 0 Å². The van der Waals surface area contributed by atoms with E-state index in [1.807, 2.05) is 58.0 Å². The van der Waals surface area contributed by atoms with Gasteiger partial charge in [0, 0.05) is 13.1 Å². The van der Waals surface area contributed by atoms with Gasteiger partial charge in [0.15, 0.2) is 0 Å². The van der Waals surface area contributed by atoms with E-state index in [4.69, 9.17) is 5.73 Å². The molecule has 7 nitrogen and oxygen atoms in total. The van der Waals surface area contributed by atoms with Gasteiger partial charge < -0.3 is 10.6 Å². The second-order valence-corrected chi connectivity index (χ2v) is 11.4. The fraction of sp³-hybridized carbons (Fsp3) is 0.286. The molecule has 2 amide bonds. The van der Waals surface area contributed by atoms with Crippen LogP contribution in [0.4, 0.5) is 5.69 Å². The third-order valence-electron chi connectivity index (χ3n) is 5.98. The quantitative estimate of drug-likeness (QED) is 0.466. The molecule has 0 aliphatic rings. The molecule has 0 aliphatic carbocycles. The SMILES string of the molecule is CCN(Cc1ccccc1)C(=O)CN(c1ccccc1C(N)=O)S(=O)(=O)c1ccc(C(C)(C)C)cc1. The summed E-state index contributed by atoms with van der Waals surface area (Å²) >= 11 is 0. The Bertz CT molecular complexity index is 1310. The summed E-state index contributed by atoms with van der Waals surface area (Å²) in [4.78, 5) is 27.2. The molecule has 3 rings (SSSR count). The predicted octanol–water partition coefficient (Wildman–Crippen LogP) is 4.33. The highest BCUT2D eigenvalue weighted by molar-refractivity contribution is 7.92. The molecule has 2 N–H and O–H groups in total. The standard InChI is InChI=1S/C28H33N3O4S/c1-5-30(19-21-11-7-6-8-12-21)26(32)20-31(25-14-10-9-13-24(25)27(29)33)36(34,35)23-17-15-22(16-18-23)28(2,3)4/h6-18H,5,19-20H2,1-4H3,(H2,29,33). The number of carbonyl (C=O) groups is 2. The highest BCUT2D eigenvalue weighted by Gasteiger charge is 2.31. The van der Waals surface area contributed by atoms with Crippen LogP contribution in [0, 0.1) is 0 Å². The van der Waals surface area contributed by atoms with Gasteiger partial charge in [-0.2, -0.15) is 0 Å². The number of rotatable bonds is 9. The third-order valence-corrected chi connectivity index (χ3v) is 7.75. The lowest BCUT2D eigenvalue weighted by atomic mass is 9.87. The number of para-hydroxylation sites is 1. The third kappa shape index (κ3) is 6.12. The van der Waals surface area contributed by atoms with Crippen molar-refractivity contribution in [2.75, 3.05) is 17.4 Å². The highest BCUT2D eigenvalue weighted by Crippen LogP contribution is 2.29. The van der Waals surface area contributed by atoms with Gasteiger partial charge in [-0.05, 0) is 47.7 Å². The molecule has 0 saturated carbocycles. The maximum Gasteiger partial charge on any atom is 0.264 e. The first kappa shape index (κ1) is 26.9. The van der Waals surface area contributed by atoms with Gasteiger partial charge in [0.25, 0.3) is 15.9 Å². The number of nitrogens with zero attached hydrogens (tertiary/aromatic N) is 2. The van der Waals surface area contributed by atoms with Crippen molar-refractivity contribution < 1.29 is 18.0 Å². The zero-order valence-electron chi connectivity index (χ0n) is 21.1. The first-order valence-electron chi connectivity index (χ1n) is 11.8. The molecule has 0 bridgehead atoms. The number of carbonyl (C=O) groups excluding carboxylic acids is 2. The van der Waals surface area contributed by atoms with Gasteiger partial charge in [-0.15, -0.1) is 0 Å². The Labute approximate surface area is 213 Å². The smallest absolute Gasteiger partial charge is 0.264 e. The zero-order chi connectivity index (χ0) is 26.5. The van der Waals surface area contributed by atoms with Crippen LogP contribution in [0.1, 0.15) is 49.2 Å². The highest BCUT2D eigenvalue weighted by atomic mass is 32.2. The van der Waals surface area contributed by atoms with Crippen molar-refractivity contribution in [3.05, 3.63) is 95.6 Å². The summed E-state index contributed by atoms with van der Waals surface area (Å²) in [5.74, 6) is -1.17. The van der Waals surface area contributed by atoms with Crippen LogP contribution in [-0.2, 0) is 26.8 Å². The average Bonchev–Trinajstić information content (AvgIpc) is 2.85. The summed E-state index contributed by atoms with van der Waals surface area (Å²) < 4.78 is 28.7. The summed E-state index contributed by atoms with van der Waals surface area (Å²) in [7, 11) is -4.20. The fourth-order valence-corrected chi connectivity index (χ4v) is 5.29.